The molecule has 0 aliphatic rings. The van der Waals surface area contributed by atoms with Crippen LogP contribution in [0.2, 0.25) is 0 Å². The van der Waals surface area contributed by atoms with E-state index in [0.29, 0.717) is 40.6 Å². The van der Waals surface area contributed by atoms with Gasteiger partial charge in [-0.3, -0.25) is 19.4 Å². The molecule has 0 radical (unpaired) electrons. The number of hydrogen-bond acceptors (Lipinski definition) is 6. The van der Waals surface area contributed by atoms with E-state index in [1.165, 1.54) is 31.3 Å². The molecule has 9 nitrogen and oxygen atoms in total. The van der Waals surface area contributed by atoms with Gasteiger partial charge >= 0.3 is 6.18 Å². The van der Waals surface area contributed by atoms with Crippen LogP contribution in [0.3, 0.4) is 0 Å². The van der Waals surface area contributed by atoms with Crippen molar-refractivity contribution in [1.82, 2.24) is 20.6 Å². The Bertz CT molecular complexity index is 1970. The Morgan fingerprint density at radius 3 is 2.29 bits per heavy atom. The third kappa shape index (κ3) is 8.27. The van der Waals surface area contributed by atoms with Gasteiger partial charge in [-0.2, -0.15) is 13.2 Å². The molecule has 2 heterocycles. The van der Waals surface area contributed by atoms with E-state index in [4.69, 9.17) is 0 Å². The maximum absolute atomic E-state index is 13.3. The van der Waals surface area contributed by atoms with Gasteiger partial charge in [-0.25, -0.2) is 4.98 Å². The van der Waals surface area contributed by atoms with Crippen molar-refractivity contribution >= 4 is 40.2 Å². The third-order valence-corrected chi connectivity index (χ3v) is 7.41. The number of amides is 3. The highest BCUT2D eigenvalue weighted by Gasteiger charge is 2.30. The van der Waals surface area contributed by atoms with Crippen LogP contribution in [0, 0.1) is 0 Å². The SMILES string of the molecule is CC(=O)CCCNC(=O)[C@@H](NC(=O)c1ccc2nc(NC(=O)c3ccccc3-c3ccc(C(F)(F)F)cc3)ccc2c1)c1ccccn1. The van der Waals surface area contributed by atoms with Crippen LogP contribution in [0.1, 0.15) is 57.8 Å². The van der Waals surface area contributed by atoms with E-state index < -0.39 is 35.5 Å². The van der Waals surface area contributed by atoms with Gasteiger partial charge in [0.1, 0.15) is 11.6 Å². The summed E-state index contributed by atoms with van der Waals surface area (Å²) in [5, 5.41) is 8.81. The first-order chi connectivity index (χ1) is 23.0. The molecular weight excluding hydrogens is 623 g/mol. The van der Waals surface area contributed by atoms with E-state index in [2.05, 4.69) is 25.9 Å². The van der Waals surface area contributed by atoms with Gasteiger partial charge in [0.2, 0.25) is 5.91 Å². The Morgan fingerprint density at radius 2 is 1.58 bits per heavy atom. The van der Waals surface area contributed by atoms with Crippen molar-refractivity contribution in [3.05, 3.63) is 126 Å². The molecule has 0 unspecified atom stereocenters. The lowest BCUT2D eigenvalue weighted by Crippen LogP contribution is -2.41. The molecule has 0 fully saturated rings. The average Bonchev–Trinajstić information content (AvgIpc) is 3.08. The van der Waals surface area contributed by atoms with E-state index in [0.717, 1.165) is 12.1 Å². The van der Waals surface area contributed by atoms with Gasteiger partial charge in [-0.15, -0.1) is 0 Å². The number of rotatable bonds is 11. The van der Waals surface area contributed by atoms with E-state index in [1.54, 1.807) is 66.7 Å². The number of ketones is 1. The van der Waals surface area contributed by atoms with Crippen LogP contribution in [-0.4, -0.2) is 40.0 Å². The number of alkyl halides is 3. The van der Waals surface area contributed by atoms with Crippen molar-refractivity contribution in [2.75, 3.05) is 11.9 Å². The summed E-state index contributed by atoms with van der Waals surface area (Å²) < 4.78 is 39.1. The molecule has 5 aromatic rings. The molecule has 0 spiro atoms. The number of halogens is 3. The molecule has 2 aromatic heterocycles. The Hall–Kier alpha value is -5.91. The van der Waals surface area contributed by atoms with Crippen LogP contribution in [0.15, 0.2) is 103 Å². The van der Waals surface area contributed by atoms with Crippen LogP contribution >= 0.6 is 0 Å². The Kier molecular flexibility index (Phi) is 10.2. The standard InChI is InChI=1S/C36H30F3N5O4/c1-22(45)7-6-20-41-35(48)32(30-10-4-5-19-40-30)44-33(46)25-13-17-29-24(21-25)14-18-31(42-29)43-34(47)28-9-3-2-8-27(28)23-11-15-26(16-12-23)36(37,38)39/h2-5,8-19,21,32H,6-7,20H2,1H3,(H,41,48)(H,44,46)(H,42,43,47)/t32-/m0/s1. The molecule has 3 amide bonds. The highest BCUT2D eigenvalue weighted by Crippen LogP contribution is 2.32. The molecule has 5 rings (SSSR count). The molecule has 244 valence electrons. The van der Waals surface area contributed by atoms with E-state index in [-0.39, 0.29) is 29.3 Å². The summed E-state index contributed by atoms with van der Waals surface area (Å²) >= 11 is 0. The normalized spacial score (nSPS) is 11.8. The van der Waals surface area contributed by atoms with Gasteiger partial charge in [0.25, 0.3) is 11.8 Å². The summed E-state index contributed by atoms with van der Waals surface area (Å²) in [5.74, 6) is -1.25. The lowest BCUT2D eigenvalue weighted by Gasteiger charge is -2.18. The maximum Gasteiger partial charge on any atom is 0.416 e. The van der Waals surface area contributed by atoms with Gasteiger partial charge in [0.15, 0.2) is 6.04 Å². The molecule has 0 aliphatic heterocycles. The molecule has 0 saturated heterocycles. The molecule has 12 heteroatoms. The van der Waals surface area contributed by atoms with E-state index in [1.807, 2.05) is 0 Å². The van der Waals surface area contributed by atoms with Crippen molar-refractivity contribution in [2.24, 2.45) is 0 Å². The molecule has 48 heavy (non-hydrogen) atoms. The molecule has 3 aromatic carbocycles. The smallest absolute Gasteiger partial charge is 0.354 e. The van der Waals surface area contributed by atoms with Crippen molar-refractivity contribution in [3.8, 4) is 11.1 Å². The Balaban J connectivity index is 1.30. The molecule has 1 atom stereocenters. The first kappa shape index (κ1) is 33.5. The van der Waals surface area contributed by atoms with Gasteiger partial charge in [-0.05, 0) is 85.1 Å². The van der Waals surface area contributed by atoms with Crippen molar-refractivity contribution < 1.29 is 32.3 Å². The number of benzene rings is 3. The second kappa shape index (κ2) is 14.7. The number of Topliss-reactive ketones (excluding diaryl/α,β-unsaturated/α-hetero) is 1. The molecule has 0 saturated carbocycles. The fraction of sp³-hybridized carbons (Fsp3) is 0.167. The van der Waals surface area contributed by atoms with Gasteiger partial charge in [0.05, 0.1) is 16.8 Å². The number of aromatic nitrogens is 2. The monoisotopic (exact) mass is 653 g/mol. The van der Waals surface area contributed by atoms with Gasteiger partial charge in [0, 0.05) is 35.7 Å². The average molecular weight is 654 g/mol. The van der Waals surface area contributed by atoms with Crippen molar-refractivity contribution in [1.29, 1.82) is 0 Å². The lowest BCUT2D eigenvalue weighted by atomic mass is 9.98. The van der Waals surface area contributed by atoms with Gasteiger partial charge in [-0.1, -0.05) is 36.4 Å². The second-order valence-electron chi connectivity index (χ2n) is 10.9. The van der Waals surface area contributed by atoms with E-state index >= 15 is 0 Å². The number of fused-ring (bicyclic) bond motifs is 1. The minimum absolute atomic E-state index is 0.0149. The minimum Gasteiger partial charge on any atom is -0.354 e. The first-order valence-electron chi connectivity index (χ1n) is 15.0. The van der Waals surface area contributed by atoms with Crippen molar-refractivity contribution in [2.45, 2.75) is 32.0 Å². The zero-order valence-electron chi connectivity index (χ0n) is 25.7. The highest BCUT2D eigenvalue weighted by atomic mass is 19.4. The quantitative estimate of drug-likeness (QED) is 0.139. The maximum atomic E-state index is 13.3. The molecular formula is C36H30F3N5O4. The summed E-state index contributed by atoms with van der Waals surface area (Å²) in [4.78, 5) is 59.5. The minimum atomic E-state index is -4.47. The summed E-state index contributed by atoms with van der Waals surface area (Å²) in [6.45, 7) is 1.74. The fourth-order valence-corrected chi connectivity index (χ4v) is 4.98. The first-order valence-corrected chi connectivity index (χ1v) is 15.0. The second-order valence-corrected chi connectivity index (χ2v) is 10.9. The van der Waals surface area contributed by atoms with Crippen LogP contribution in [0.4, 0.5) is 19.0 Å². The Labute approximate surface area is 273 Å². The lowest BCUT2D eigenvalue weighted by molar-refractivity contribution is -0.137. The molecule has 3 N–H and O–H groups in total. The van der Waals surface area contributed by atoms with Crippen LogP contribution in [-0.2, 0) is 15.8 Å². The predicted octanol–water partition coefficient (Wildman–Crippen LogP) is 6.52. The van der Waals surface area contributed by atoms with E-state index in [9.17, 15) is 32.3 Å². The number of nitrogens with zero attached hydrogens (tertiary/aromatic N) is 2. The Morgan fingerprint density at radius 1 is 0.833 bits per heavy atom. The number of hydrogen-bond donors (Lipinski definition) is 3. The zero-order valence-corrected chi connectivity index (χ0v) is 25.7. The van der Waals surface area contributed by atoms with Crippen LogP contribution in [0.25, 0.3) is 22.0 Å². The summed E-state index contributed by atoms with van der Waals surface area (Å²) in [6, 6.07) is 23.1. The fourth-order valence-electron chi connectivity index (χ4n) is 4.98. The summed E-state index contributed by atoms with van der Waals surface area (Å²) in [6.07, 6.45) is -2.16. The number of nitrogens with one attached hydrogen (secondary N) is 3. The van der Waals surface area contributed by atoms with Crippen molar-refractivity contribution in [3.63, 3.8) is 0 Å². The number of anilines is 1. The van der Waals surface area contributed by atoms with Crippen LogP contribution in [0.5, 0.6) is 0 Å². The summed E-state index contributed by atoms with van der Waals surface area (Å²) in [5.41, 5.74) is 1.44. The topological polar surface area (TPSA) is 130 Å². The number of carbonyl (C=O) groups is 4. The predicted molar refractivity (Wildman–Crippen MR) is 174 cm³/mol. The number of carbonyl (C=O) groups excluding carboxylic acids is 4. The third-order valence-electron chi connectivity index (χ3n) is 7.41. The zero-order chi connectivity index (χ0) is 34.3. The van der Waals surface area contributed by atoms with Gasteiger partial charge < -0.3 is 20.7 Å². The van der Waals surface area contributed by atoms with Crippen LogP contribution < -0.4 is 16.0 Å². The molecule has 0 aliphatic carbocycles. The highest BCUT2D eigenvalue weighted by molar-refractivity contribution is 6.09. The number of pyridine rings is 2. The largest absolute Gasteiger partial charge is 0.416 e. The molecule has 0 bridgehead atoms. The summed E-state index contributed by atoms with van der Waals surface area (Å²) in [7, 11) is 0.